The molecule has 6 nitrogen and oxygen atoms in total. The van der Waals surface area contributed by atoms with E-state index in [4.69, 9.17) is 5.73 Å². The molecule has 0 unspecified atom stereocenters. The highest BCUT2D eigenvalue weighted by Gasteiger charge is 2.38. The Balaban J connectivity index is 2.35. The third kappa shape index (κ3) is 1.71. The molecule has 1 aromatic carbocycles. The number of amides is 3. The van der Waals surface area contributed by atoms with Crippen molar-refractivity contribution in [2.24, 2.45) is 0 Å². The van der Waals surface area contributed by atoms with Gasteiger partial charge >= 0.3 is 0 Å². The quantitative estimate of drug-likeness (QED) is 0.586. The molecule has 18 heavy (non-hydrogen) atoms. The van der Waals surface area contributed by atoms with Gasteiger partial charge in [-0.2, -0.15) is 0 Å². The zero-order chi connectivity index (χ0) is 13.4. The zero-order valence-corrected chi connectivity index (χ0v) is 10.1. The lowest BCUT2D eigenvalue weighted by molar-refractivity contribution is -0.128. The molecule has 3 amide bonds. The average molecular weight is 247 g/mol. The smallest absolute Gasteiger partial charge is 0.264 e. The van der Waals surface area contributed by atoms with Crippen LogP contribution in [0.5, 0.6) is 0 Å². The summed E-state index contributed by atoms with van der Waals surface area (Å²) in [5, 5.41) is 0. The monoisotopic (exact) mass is 247 g/mol. The van der Waals surface area contributed by atoms with Gasteiger partial charge in [-0.05, 0) is 12.1 Å². The van der Waals surface area contributed by atoms with E-state index in [0.717, 1.165) is 4.90 Å². The molecule has 2 rings (SSSR count). The van der Waals surface area contributed by atoms with E-state index in [2.05, 4.69) is 0 Å². The lowest BCUT2D eigenvalue weighted by Gasteiger charge is -2.16. The second kappa shape index (κ2) is 4.14. The molecule has 0 spiro atoms. The van der Waals surface area contributed by atoms with Crippen LogP contribution in [0.15, 0.2) is 18.2 Å². The van der Waals surface area contributed by atoms with Gasteiger partial charge in [0.1, 0.15) is 6.54 Å². The summed E-state index contributed by atoms with van der Waals surface area (Å²) in [6.07, 6.45) is 0. The van der Waals surface area contributed by atoms with Gasteiger partial charge in [0.2, 0.25) is 5.91 Å². The molecule has 2 N–H and O–H groups in total. The molecule has 0 aromatic heterocycles. The average Bonchev–Trinajstić information content (AvgIpc) is 2.55. The van der Waals surface area contributed by atoms with Crippen LogP contribution in [-0.2, 0) is 4.79 Å². The largest absolute Gasteiger partial charge is 0.398 e. The molecular weight excluding hydrogens is 234 g/mol. The van der Waals surface area contributed by atoms with Crippen molar-refractivity contribution in [2.45, 2.75) is 0 Å². The second-order valence-electron chi connectivity index (χ2n) is 4.25. The van der Waals surface area contributed by atoms with Crippen molar-refractivity contribution in [3.05, 3.63) is 29.3 Å². The predicted octanol–water partition coefficient (Wildman–Crippen LogP) is -0.0470. The van der Waals surface area contributed by atoms with Gasteiger partial charge in [-0.3, -0.25) is 19.3 Å². The van der Waals surface area contributed by atoms with Crippen LogP contribution in [0, 0.1) is 0 Å². The van der Waals surface area contributed by atoms with Gasteiger partial charge in [0.25, 0.3) is 11.8 Å². The lowest BCUT2D eigenvalue weighted by atomic mass is 10.1. The minimum atomic E-state index is -0.511. The number of nitrogens with zero attached hydrogens (tertiary/aromatic N) is 2. The molecule has 0 aliphatic carbocycles. The van der Waals surface area contributed by atoms with Crippen molar-refractivity contribution in [1.29, 1.82) is 0 Å². The number of hydrogen-bond donors (Lipinski definition) is 1. The number of fused-ring (bicyclic) bond motifs is 1. The normalized spacial score (nSPS) is 13.8. The molecule has 0 fully saturated rings. The summed E-state index contributed by atoms with van der Waals surface area (Å²) in [5.74, 6) is -1.30. The van der Waals surface area contributed by atoms with Crippen molar-refractivity contribution >= 4 is 23.4 Å². The molecule has 94 valence electrons. The predicted molar refractivity (Wildman–Crippen MR) is 64.9 cm³/mol. The Kier molecular flexibility index (Phi) is 2.78. The summed E-state index contributed by atoms with van der Waals surface area (Å²) in [7, 11) is 3.13. The Labute approximate surface area is 104 Å². The first-order chi connectivity index (χ1) is 8.43. The number of likely N-dealkylation sites (N-methyl/N-ethyl adjacent to an activating group) is 1. The summed E-state index contributed by atoms with van der Waals surface area (Å²) in [6.45, 7) is -0.265. The Morgan fingerprint density at radius 2 is 1.94 bits per heavy atom. The van der Waals surface area contributed by atoms with E-state index in [9.17, 15) is 14.4 Å². The highest BCUT2D eigenvalue weighted by atomic mass is 16.2. The van der Waals surface area contributed by atoms with Crippen molar-refractivity contribution in [3.8, 4) is 0 Å². The zero-order valence-electron chi connectivity index (χ0n) is 10.1. The molecule has 1 aliphatic heterocycles. The number of anilines is 1. The van der Waals surface area contributed by atoms with E-state index in [1.807, 2.05) is 0 Å². The van der Waals surface area contributed by atoms with Gasteiger partial charge in [-0.15, -0.1) is 0 Å². The van der Waals surface area contributed by atoms with Crippen LogP contribution in [0.3, 0.4) is 0 Å². The number of imide groups is 1. The summed E-state index contributed by atoms with van der Waals surface area (Å²) in [5.41, 5.74) is 6.38. The second-order valence-corrected chi connectivity index (χ2v) is 4.25. The summed E-state index contributed by atoms with van der Waals surface area (Å²) in [4.78, 5) is 37.9. The van der Waals surface area contributed by atoms with Crippen LogP contribution in [0.4, 0.5) is 5.69 Å². The molecule has 0 saturated heterocycles. The van der Waals surface area contributed by atoms with Gasteiger partial charge in [0.15, 0.2) is 0 Å². The minimum Gasteiger partial charge on any atom is -0.398 e. The number of hydrogen-bond acceptors (Lipinski definition) is 4. The van der Waals surface area contributed by atoms with Crippen molar-refractivity contribution in [2.75, 3.05) is 26.4 Å². The molecule has 6 heteroatoms. The Hall–Kier alpha value is -2.37. The van der Waals surface area contributed by atoms with Crippen molar-refractivity contribution < 1.29 is 14.4 Å². The van der Waals surface area contributed by atoms with E-state index >= 15 is 0 Å². The highest BCUT2D eigenvalue weighted by molar-refractivity contribution is 6.24. The molecule has 0 bridgehead atoms. The van der Waals surface area contributed by atoms with E-state index in [0.29, 0.717) is 0 Å². The number of rotatable bonds is 2. The van der Waals surface area contributed by atoms with E-state index < -0.39 is 11.8 Å². The van der Waals surface area contributed by atoms with Crippen LogP contribution >= 0.6 is 0 Å². The third-order valence-corrected chi connectivity index (χ3v) is 2.82. The van der Waals surface area contributed by atoms with Gasteiger partial charge in [-0.1, -0.05) is 6.07 Å². The number of benzene rings is 1. The van der Waals surface area contributed by atoms with Crippen LogP contribution in [-0.4, -0.2) is 48.2 Å². The fraction of sp³-hybridized carbons (Fsp3) is 0.250. The topological polar surface area (TPSA) is 83.7 Å². The summed E-state index contributed by atoms with van der Waals surface area (Å²) < 4.78 is 0. The molecule has 0 radical (unpaired) electrons. The first kappa shape index (κ1) is 12.1. The lowest BCUT2D eigenvalue weighted by Crippen LogP contribution is -2.39. The van der Waals surface area contributed by atoms with Crippen LogP contribution < -0.4 is 5.73 Å². The highest BCUT2D eigenvalue weighted by Crippen LogP contribution is 2.27. The number of nitrogens with two attached hydrogens (primary N) is 1. The fourth-order valence-electron chi connectivity index (χ4n) is 1.78. The fourth-order valence-corrected chi connectivity index (χ4v) is 1.78. The summed E-state index contributed by atoms with van der Waals surface area (Å²) in [6, 6.07) is 4.70. The molecule has 1 aromatic rings. The Morgan fingerprint density at radius 3 is 2.50 bits per heavy atom. The number of nitrogen functional groups attached to an aromatic ring is 1. The Morgan fingerprint density at radius 1 is 1.28 bits per heavy atom. The third-order valence-electron chi connectivity index (χ3n) is 2.82. The van der Waals surface area contributed by atoms with Crippen LogP contribution in [0.1, 0.15) is 20.7 Å². The standard InChI is InChI=1S/C12H13N3O3/c1-14(2)9(16)6-15-11(17)7-4-3-5-8(13)10(7)12(15)18/h3-5H,6,13H2,1-2H3. The van der Waals surface area contributed by atoms with Crippen molar-refractivity contribution in [1.82, 2.24) is 9.80 Å². The minimum absolute atomic E-state index is 0.189. The molecule has 0 saturated carbocycles. The SMILES string of the molecule is CN(C)C(=O)CN1C(=O)c2cccc(N)c2C1=O. The van der Waals surface area contributed by atoms with E-state index in [-0.39, 0.29) is 29.3 Å². The number of carbonyl (C=O) groups is 3. The van der Waals surface area contributed by atoms with Crippen molar-refractivity contribution in [3.63, 3.8) is 0 Å². The van der Waals surface area contributed by atoms with Gasteiger partial charge in [0.05, 0.1) is 11.1 Å². The maximum Gasteiger partial charge on any atom is 0.264 e. The maximum atomic E-state index is 12.0. The first-order valence-corrected chi connectivity index (χ1v) is 5.38. The first-order valence-electron chi connectivity index (χ1n) is 5.38. The van der Waals surface area contributed by atoms with Crippen LogP contribution in [0.25, 0.3) is 0 Å². The van der Waals surface area contributed by atoms with Gasteiger partial charge < -0.3 is 10.6 Å². The van der Waals surface area contributed by atoms with E-state index in [1.54, 1.807) is 26.2 Å². The molecular formula is C12H13N3O3. The molecule has 0 atom stereocenters. The van der Waals surface area contributed by atoms with Gasteiger partial charge in [-0.25, -0.2) is 0 Å². The van der Waals surface area contributed by atoms with Crippen LogP contribution in [0.2, 0.25) is 0 Å². The Bertz CT molecular complexity index is 551. The van der Waals surface area contributed by atoms with Gasteiger partial charge in [0, 0.05) is 19.8 Å². The number of carbonyl (C=O) groups excluding carboxylic acids is 3. The maximum absolute atomic E-state index is 12.0. The summed E-state index contributed by atoms with van der Waals surface area (Å²) >= 11 is 0. The van der Waals surface area contributed by atoms with E-state index in [1.165, 1.54) is 11.0 Å². The molecule has 1 aliphatic rings. The molecule has 1 heterocycles.